The molecule has 0 saturated carbocycles. The normalized spacial score (nSPS) is 12.0. The largest absolute Gasteiger partial charge is 0.323 e. The van der Waals surface area contributed by atoms with Crippen LogP contribution in [0.2, 0.25) is 0 Å². The molecule has 0 unspecified atom stereocenters. The first-order chi connectivity index (χ1) is 15.3. The van der Waals surface area contributed by atoms with Gasteiger partial charge in [0.25, 0.3) is 5.56 Å². The Kier molecular flexibility index (Phi) is 3.09. The average Bonchev–Trinajstić information content (AvgIpc) is 3.33. The number of para-hydroxylation sites is 3. The topological polar surface area (TPSA) is 55.1 Å². The van der Waals surface area contributed by atoms with E-state index in [2.05, 4.69) is 58.1 Å². The van der Waals surface area contributed by atoms with Crippen molar-refractivity contribution in [2.45, 2.75) is 0 Å². The van der Waals surface area contributed by atoms with Crippen LogP contribution in [0.15, 0.2) is 95.8 Å². The molecule has 0 radical (unpaired) electrons. The van der Waals surface area contributed by atoms with E-state index in [4.69, 9.17) is 4.98 Å². The molecule has 1 N–H and O–H groups in total. The summed E-state index contributed by atoms with van der Waals surface area (Å²) < 4.78 is 3.94. The molecule has 0 fully saturated rings. The first-order valence-corrected chi connectivity index (χ1v) is 10.2. The van der Waals surface area contributed by atoms with Crippen LogP contribution in [-0.4, -0.2) is 18.9 Å². The number of rotatable bonds is 1. The molecule has 31 heavy (non-hydrogen) atoms. The maximum Gasteiger partial charge on any atom is 0.267 e. The summed E-state index contributed by atoms with van der Waals surface area (Å²) in [6.45, 7) is 0. The lowest BCUT2D eigenvalue weighted by molar-refractivity contribution is 1.12. The minimum atomic E-state index is -0.0615. The third kappa shape index (κ3) is 2.15. The van der Waals surface area contributed by atoms with Crippen molar-refractivity contribution in [1.82, 2.24) is 18.9 Å². The molecular weight excluding hydrogens is 384 g/mol. The molecule has 3 aromatic heterocycles. The predicted octanol–water partition coefficient (Wildman–Crippen LogP) is 5.43. The van der Waals surface area contributed by atoms with E-state index in [0.29, 0.717) is 16.7 Å². The fourth-order valence-electron chi connectivity index (χ4n) is 4.70. The maximum absolute atomic E-state index is 13.3. The monoisotopic (exact) mass is 400 g/mol. The fraction of sp³-hybridized carbons (Fsp3) is 0. The summed E-state index contributed by atoms with van der Waals surface area (Å²) in [6.07, 6.45) is 0. The van der Waals surface area contributed by atoms with E-state index in [1.807, 2.05) is 42.5 Å². The van der Waals surface area contributed by atoms with Gasteiger partial charge in [-0.25, -0.2) is 9.38 Å². The summed E-state index contributed by atoms with van der Waals surface area (Å²) >= 11 is 0. The van der Waals surface area contributed by atoms with Crippen LogP contribution in [-0.2, 0) is 0 Å². The number of H-pyrrole nitrogens is 1. The SMILES string of the molecule is O=c1c2ccccc2nc2[nH]c3cc4c5ccccc5n(-c5ccccc5)c4cc3n12. The lowest BCUT2D eigenvalue weighted by atomic mass is 10.1. The van der Waals surface area contributed by atoms with Crippen molar-refractivity contribution in [2.24, 2.45) is 0 Å². The van der Waals surface area contributed by atoms with Gasteiger partial charge in [-0.3, -0.25) is 4.79 Å². The van der Waals surface area contributed by atoms with Gasteiger partial charge in [-0.2, -0.15) is 0 Å². The molecule has 3 heterocycles. The number of aromatic amines is 1. The van der Waals surface area contributed by atoms with Crippen LogP contribution >= 0.6 is 0 Å². The van der Waals surface area contributed by atoms with Crippen molar-refractivity contribution in [3.63, 3.8) is 0 Å². The number of aromatic nitrogens is 4. The zero-order chi connectivity index (χ0) is 20.5. The summed E-state index contributed by atoms with van der Waals surface area (Å²) in [5.41, 5.74) is 5.63. The molecule has 0 spiro atoms. The third-order valence-electron chi connectivity index (χ3n) is 6.07. The Morgan fingerprint density at radius 1 is 0.677 bits per heavy atom. The quantitative estimate of drug-likeness (QED) is 0.400. The van der Waals surface area contributed by atoms with Crippen molar-refractivity contribution >= 4 is 49.5 Å². The molecule has 0 aliphatic rings. The summed E-state index contributed by atoms with van der Waals surface area (Å²) in [4.78, 5) is 21.4. The second-order valence-corrected chi connectivity index (χ2v) is 7.79. The van der Waals surface area contributed by atoms with Crippen molar-refractivity contribution in [1.29, 1.82) is 0 Å². The van der Waals surface area contributed by atoms with Gasteiger partial charge in [0.2, 0.25) is 5.78 Å². The fourth-order valence-corrected chi connectivity index (χ4v) is 4.70. The Morgan fingerprint density at radius 3 is 2.29 bits per heavy atom. The van der Waals surface area contributed by atoms with Crippen molar-refractivity contribution < 1.29 is 0 Å². The van der Waals surface area contributed by atoms with E-state index in [1.54, 1.807) is 4.40 Å². The van der Waals surface area contributed by atoms with Gasteiger partial charge in [-0.15, -0.1) is 0 Å². The number of fused-ring (bicyclic) bond motifs is 7. The molecule has 4 aromatic carbocycles. The molecule has 5 nitrogen and oxygen atoms in total. The van der Waals surface area contributed by atoms with Crippen LogP contribution in [0.5, 0.6) is 0 Å². The molecule has 7 aromatic rings. The minimum Gasteiger partial charge on any atom is -0.323 e. The number of nitrogens with zero attached hydrogens (tertiary/aromatic N) is 3. The second-order valence-electron chi connectivity index (χ2n) is 7.79. The van der Waals surface area contributed by atoms with Gasteiger partial charge in [-0.05, 0) is 42.5 Å². The number of hydrogen-bond acceptors (Lipinski definition) is 2. The van der Waals surface area contributed by atoms with Crippen molar-refractivity contribution in [2.75, 3.05) is 0 Å². The minimum absolute atomic E-state index is 0.0615. The highest BCUT2D eigenvalue weighted by Crippen LogP contribution is 2.34. The lowest BCUT2D eigenvalue weighted by Crippen LogP contribution is -2.13. The van der Waals surface area contributed by atoms with Gasteiger partial charge in [-0.1, -0.05) is 48.5 Å². The van der Waals surface area contributed by atoms with Gasteiger partial charge in [0.15, 0.2) is 0 Å². The first kappa shape index (κ1) is 16.4. The van der Waals surface area contributed by atoms with Crippen molar-refractivity contribution in [3.05, 3.63) is 101 Å². The van der Waals surface area contributed by atoms with E-state index < -0.39 is 0 Å². The molecule has 0 atom stereocenters. The molecular formula is C26H16N4O. The van der Waals surface area contributed by atoms with E-state index in [9.17, 15) is 4.79 Å². The molecule has 0 amide bonds. The molecule has 7 rings (SSSR count). The van der Waals surface area contributed by atoms with Crippen LogP contribution in [0, 0.1) is 0 Å². The molecule has 0 aliphatic carbocycles. The molecule has 5 heteroatoms. The summed E-state index contributed by atoms with van der Waals surface area (Å²) in [5.74, 6) is 0.557. The predicted molar refractivity (Wildman–Crippen MR) is 125 cm³/mol. The van der Waals surface area contributed by atoms with Crippen LogP contribution in [0.4, 0.5) is 0 Å². The van der Waals surface area contributed by atoms with Gasteiger partial charge < -0.3 is 9.55 Å². The molecule has 0 bridgehead atoms. The van der Waals surface area contributed by atoms with E-state index in [-0.39, 0.29) is 5.56 Å². The number of imidazole rings is 1. The second kappa shape index (κ2) is 5.83. The first-order valence-electron chi connectivity index (χ1n) is 10.2. The number of hydrogen-bond donors (Lipinski definition) is 1. The van der Waals surface area contributed by atoms with Crippen LogP contribution in [0.3, 0.4) is 0 Å². The van der Waals surface area contributed by atoms with Gasteiger partial charge in [0.1, 0.15) is 0 Å². The Bertz CT molecular complexity index is 1860. The van der Waals surface area contributed by atoms with E-state index in [0.717, 1.165) is 33.1 Å². The summed E-state index contributed by atoms with van der Waals surface area (Å²) in [6, 6.07) is 30.4. The Balaban J connectivity index is 1.71. The highest BCUT2D eigenvalue weighted by molar-refractivity contribution is 6.13. The Morgan fingerprint density at radius 2 is 1.42 bits per heavy atom. The zero-order valence-electron chi connectivity index (χ0n) is 16.4. The maximum atomic E-state index is 13.3. The summed E-state index contributed by atoms with van der Waals surface area (Å²) in [7, 11) is 0. The van der Waals surface area contributed by atoms with Crippen LogP contribution in [0.25, 0.3) is 55.2 Å². The standard InChI is InChI=1S/C26H16N4O/c31-25-18-11-4-6-12-20(18)27-26-28-21-14-19-17-10-5-7-13-22(17)29(16-8-2-1-3-9-16)23(19)15-24(21)30(25)26/h1-15H,(H,27,28). The van der Waals surface area contributed by atoms with E-state index >= 15 is 0 Å². The van der Waals surface area contributed by atoms with Gasteiger partial charge in [0, 0.05) is 16.5 Å². The van der Waals surface area contributed by atoms with Gasteiger partial charge in [0.05, 0.1) is 33.0 Å². The smallest absolute Gasteiger partial charge is 0.267 e. The van der Waals surface area contributed by atoms with Gasteiger partial charge >= 0.3 is 0 Å². The average molecular weight is 400 g/mol. The molecule has 0 saturated heterocycles. The Hall–Kier alpha value is -4.38. The van der Waals surface area contributed by atoms with Crippen molar-refractivity contribution in [3.8, 4) is 5.69 Å². The lowest BCUT2D eigenvalue weighted by Gasteiger charge is -2.07. The highest BCUT2D eigenvalue weighted by atomic mass is 16.1. The molecule has 0 aliphatic heterocycles. The number of benzene rings is 4. The van der Waals surface area contributed by atoms with Crippen LogP contribution < -0.4 is 5.56 Å². The highest BCUT2D eigenvalue weighted by Gasteiger charge is 2.16. The Labute approximate surface area is 175 Å². The van der Waals surface area contributed by atoms with Crippen LogP contribution in [0.1, 0.15) is 0 Å². The summed E-state index contributed by atoms with van der Waals surface area (Å²) in [5, 5.41) is 2.92. The third-order valence-corrected chi connectivity index (χ3v) is 6.07. The van der Waals surface area contributed by atoms with E-state index in [1.165, 1.54) is 5.39 Å². The zero-order valence-corrected chi connectivity index (χ0v) is 16.4. The molecule has 146 valence electrons. The number of nitrogens with one attached hydrogen (secondary N) is 1.